The topological polar surface area (TPSA) is 16.4 Å². The Morgan fingerprint density at radius 1 is 0.290 bits per heavy atom. The van der Waals surface area contributed by atoms with Gasteiger partial charge in [-0.15, -0.1) is 0 Å². The number of furan rings is 1. The normalized spacial score (nSPS) is 11.5. The Labute approximate surface area is 360 Å². The monoisotopic (exact) mass is 789 g/mol. The van der Waals surface area contributed by atoms with E-state index < -0.39 is 0 Å². The zero-order valence-corrected chi connectivity index (χ0v) is 33.9. The van der Waals surface area contributed by atoms with Crippen LogP contribution in [0.15, 0.2) is 241 Å². The van der Waals surface area contributed by atoms with Crippen LogP contribution in [0.4, 0.5) is 17.1 Å². The van der Waals surface area contributed by atoms with Crippen LogP contribution in [0.25, 0.3) is 98.8 Å². The van der Waals surface area contributed by atoms with E-state index in [1.54, 1.807) is 0 Å². The van der Waals surface area contributed by atoms with Crippen LogP contribution in [0.1, 0.15) is 0 Å². The van der Waals surface area contributed by atoms with Crippen molar-refractivity contribution in [1.29, 1.82) is 0 Å². The summed E-state index contributed by atoms with van der Waals surface area (Å²) in [5, 5.41) is 9.50. The summed E-state index contributed by atoms with van der Waals surface area (Å²) in [4.78, 5) is 2.44. The number of hydrogen-bond donors (Lipinski definition) is 0. The Balaban J connectivity index is 1.10. The highest BCUT2D eigenvalue weighted by molar-refractivity contribution is 6.19. The van der Waals surface area contributed by atoms with Crippen molar-refractivity contribution in [2.45, 2.75) is 0 Å². The van der Waals surface area contributed by atoms with Gasteiger partial charge in [-0.2, -0.15) is 0 Å². The van der Waals surface area contributed by atoms with Gasteiger partial charge in [0.15, 0.2) is 0 Å². The van der Waals surface area contributed by atoms with E-state index in [1.165, 1.54) is 54.6 Å². The van der Waals surface area contributed by atoms with E-state index in [9.17, 15) is 0 Å². The first-order valence-corrected chi connectivity index (χ1v) is 21.2. The summed E-state index contributed by atoms with van der Waals surface area (Å²) in [6, 6.07) is 85.5. The van der Waals surface area contributed by atoms with Crippen molar-refractivity contribution < 1.29 is 4.42 Å². The Hall–Kier alpha value is -8.20. The number of anilines is 3. The highest BCUT2D eigenvalue weighted by atomic mass is 16.3. The fraction of sp³-hybridized carbons (Fsp3) is 0. The number of nitrogens with zero attached hydrogens (tertiary/aromatic N) is 1. The lowest BCUT2D eigenvalue weighted by Crippen LogP contribution is -2.12. The summed E-state index contributed by atoms with van der Waals surface area (Å²) in [6.07, 6.45) is 0. The molecule has 2 heteroatoms. The molecular formula is C60H39NO. The molecule has 0 aliphatic rings. The van der Waals surface area contributed by atoms with E-state index >= 15 is 0 Å². The largest absolute Gasteiger partial charge is 0.455 e. The molecule has 62 heavy (non-hydrogen) atoms. The number of rotatable bonds is 7. The molecule has 0 aliphatic heterocycles. The van der Waals surface area contributed by atoms with E-state index in [2.05, 4.69) is 241 Å². The summed E-state index contributed by atoms with van der Waals surface area (Å²) >= 11 is 0. The molecule has 12 rings (SSSR count). The van der Waals surface area contributed by atoms with Crippen molar-refractivity contribution in [1.82, 2.24) is 0 Å². The van der Waals surface area contributed by atoms with E-state index in [-0.39, 0.29) is 0 Å². The van der Waals surface area contributed by atoms with Crippen LogP contribution in [-0.2, 0) is 0 Å². The first-order chi connectivity index (χ1) is 30.7. The molecule has 12 aromatic rings. The number of hydrogen-bond acceptors (Lipinski definition) is 2. The van der Waals surface area contributed by atoms with Crippen LogP contribution >= 0.6 is 0 Å². The maximum Gasteiger partial charge on any atom is 0.145 e. The van der Waals surface area contributed by atoms with E-state index in [0.29, 0.717) is 0 Å². The van der Waals surface area contributed by atoms with Gasteiger partial charge in [-0.1, -0.05) is 182 Å². The van der Waals surface area contributed by atoms with Crippen molar-refractivity contribution in [2.24, 2.45) is 0 Å². The Morgan fingerprint density at radius 2 is 0.903 bits per heavy atom. The van der Waals surface area contributed by atoms with Gasteiger partial charge < -0.3 is 9.32 Å². The summed E-state index contributed by atoms with van der Waals surface area (Å²) in [7, 11) is 0. The lowest BCUT2D eigenvalue weighted by atomic mass is 9.91. The van der Waals surface area contributed by atoms with Crippen molar-refractivity contribution >= 4 is 71.3 Å². The van der Waals surface area contributed by atoms with Gasteiger partial charge in [0, 0.05) is 22.2 Å². The third-order valence-electron chi connectivity index (χ3n) is 12.4. The SMILES string of the molecule is c1ccc(-c2cccc(-c3ccc(N(c4ccccc4-c4cc5ccccc5c5ccccc45)c4ccc(-c5ccc6ccccc6c5)c5oc6ccccc6c45)cc3)c2)cc1. The highest BCUT2D eigenvalue weighted by Gasteiger charge is 2.25. The molecule has 1 aromatic heterocycles. The van der Waals surface area contributed by atoms with Crippen molar-refractivity contribution in [3.63, 3.8) is 0 Å². The molecule has 0 bridgehead atoms. The fourth-order valence-corrected chi connectivity index (χ4v) is 9.47. The molecule has 290 valence electrons. The standard InChI is InChI=1S/C60H39NO/c1-2-15-40(16-3-1)44-20-14-21-45(37-44)42-31-33-48(34-32-42)61(56-27-12-10-25-53(56)55-39-46-19-6-7-22-49(46)51-23-8-9-24-52(51)55)57-36-35-50(47-30-29-41-17-4-5-18-43(41)38-47)60-59(57)54-26-11-13-28-58(54)62-60/h1-39H. The van der Waals surface area contributed by atoms with Gasteiger partial charge in [0.1, 0.15) is 11.2 Å². The predicted octanol–water partition coefficient (Wildman–Crippen LogP) is 17.2. The summed E-state index contributed by atoms with van der Waals surface area (Å²) < 4.78 is 6.93. The van der Waals surface area contributed by atoms with Crippen LogP contribution in [0.2, 0.25) is 0 Å². The average Bonchev–Trinajstić information content (AvgIpc) is 3.75. The van der Waals surface area contributed by atoms with Crippen molar-refractivity contribution in [2.75, 3.05) is 4.90 Å². The molecule has 0 spiro atoms. The molecule has 11 aromatic carbocycles. The average molecular weight is 790 g/mol. The molecule has 0 fully saturated rings. The molecular weight excluding hydrogens is 751 g/mol. The quantitative estimate of drug-likeness (QED) is 0.150. The summed E-state index contributed by atoms with van der Waals surface area (Å²) in [5.74, 6) is 0. The molecule has 0 atom stereocenters. The van der Waals surface area contributed by atoms with Crippen LogP contribution in [0, 0.1) is 0 Å². The predicted molar refractivity (Wildman–Crippen MR) is 263 cm³/mol. The second kappa shape index (κ2) is 14.8. The van der Waals surface area contributed by atoms with Gasteiger partial charge >= 0.3 is 0 Å². The van der Waals surface area contributed by atoms with Crippen LogP contribution in [0.5, 0.6) is 0 Å². The minimum absolute atomic E-state index is 0.861. The van der Waals surface area contributed by atoms with E-state index in [1.807, 2.05) is 0 Å². The number of para-hydroxylation sites is 2. The van der Waals surface area contributed by atoms with Gasteiger partial charge in [-0.05, 0) is 120 Å². The van der Waals surface area contributed by atoms with Gasteiger partial charge in [-0.3, -0.25) is 0 Å². The van der Waals surface area contributed by atoms with E-state index in [0.717, 1.165) is 61.3 Å². The van der Waals surface area contributed by atoms with Gasteiger partial charge in [0.05, 0.1) is 16.8 Å². The Kier molecular flexibility index (Phi) is 8.53. The highest BCUT2D eigenvalue weighted by Crippen LogP contribution is 2.49. The maximum absolute atomic E-state index is 6.93. The summed E-state index contributed by atoms with van der Waals surface area (Å²) in [5.41, 5.74) is 14.2. The van der Waals surface area contributed by atoms with Crippen LogP contribution in [0.3, 0.4) is 0 Å². The van der Waals surface area contributed by atoms with Gasteiger partial charge in [0.2, 0.25) is 0 Å². The molecule has 1 heterocycles. The third kappa shape index (κ3) is 6.04. The zero-order chi connectivity index (χ0) is 41.0. The maximum atomic E-state index is 6.93. The van der Waals surface area contributed by atoms with Crippen LogP contribution in [-0.4, -0.2) is 0 Å². The van der Waals surface area contributed by atoms with Crippen LogP contribution < -0.4 is 4.90 Å². The van der Waals surface area contributed by atoms with Crippen molar-refractivity contribution in [3.05, 3.63) is 237 Å². The molecule has 0 saturated heterocycles. The Bertz CT molecular complexity index is 3640. The first kappa shape index (κ1) is 35.7. The number of fused-ring (bicyclic) bond motifs is 7. The molecule has 0 aliphatic carbocycles. The van der Waals surface area contributed by atoms with Gasteiger partial charge in [-0.25, -0.2) is 0 Å². The molecule has 0 radical (unpaired) electrons. The van der Waals surface area contributed by atoms with Crippen molar-refractivity contribution in [3.8, 4) is 44.5 Å². The smallest absolute Gasteiger partial charge is 0.145 e. The fourth-order valence-electron chi connectivity index (χ4n) is 9.47. The molecule has 0 amide bonds. The second-order valence-electron chi connectivity index (χ2n) is 16.0. The number of benzene rings is 11. The minimum atomic E-state index is 0.861. The molecule has 0 unspecified atom stereocenters. The summed E-state index contributed by atoms with van der Waals surface area (Å²) in [6.45, 7) is 0. The second-order valence-corrected chi connectivity index (χ2v) is 16.0. The Morgan fingerprint density at radius 3 is 1.73 bits per heavy atom. The molecule has 0 N–H and O–H groups in total. The minimum Gasteiger partial charge on any atom is -0.455 e. The van der Waals surface area contributed by atoms with Gasteiger partial charge in [0.25, 0.3) is 0 Å². The van der Waals surface area contributed by atoms with E-state index in [4.69, 9.17) is 4.42 Å². The lowest BCUT2D eigenvalue weighted by molar-refractivity contribution is 0.670. The third-order valence-corrected chi connectivity index (χ3v) is 12.4. The lowest BCUT2D eigenvalue weighted by Gasteiger charge is -2.29. The first-order valence-electron chi connectivity index (χ1n) is 21.2. The zero-order valence-electron chi connectivity index (χ0n) is 33.9. The molecule has 2 nitrogen and oxygen atoms in total. The molecule has 0 saturated carbocycles.